The molecule has 0 bridgehead atoms. The monoisotopic (exact) mass is 385 g/mol. The number of methoxy groups -OCH3 is 1. The van der Waals surface area contributed by atoms with Gasteiger partial charge in [-0.3, -0.25) is 10.0 Å². The lowest BCUT2D eigenvalue weighted by Gasteiger charge is -2.28. The highest BCUT2D eigenvalue weighted by Crippen LogP contribution is 2.28. The number of nitrogens with one attached hydrogen (secondary N) is 2. The first kappa shape index (κ1) is 19.5. The van der Waals surface area contributed by atoms with Crippen LogP contribution in [0.2, 0.25) is 0 Å². The van der Waals surface area contributed by atoms with Gasteiger partial charge in [-0.25, -0.2) is 10.3 Å². The number of amides is 3. The number of carbonyl (C=O) groups excluding carboxylic acids is 2. The second kappa shape index (κ2) is 8.62. The number of carbonyl (C=O) groups is 2. The molecule has 28 heavy (non-hydrogen) atoms. The van der Waals surface area contributed by atoms with Gasteiger partial charge in [0.05, 0.1) is 19.7 Å². The number of urea groups is 1. The minimum Gasteiger partial charge on any atom is -0.497 e. The van der Waals surface area contributed by atoms with Crippen molar-refractivity contribution in [3.63, 3.8) is 0 Å². The van der Waals surface area contributed by atoms with E-state index < -0.39 is 5.91 Å². The Morgan fingerprint density at radius 3 is 2.64 bits per heavy atom. The van der Waals surface area contributed by atoms with E-state index in [1.165, 1.54) is 0 Å². The molecular formula is C20H23N3O5. The molecule has 8 nitrogen and oxygen atoms in total. The Morgan fingerprint density at radius 2 is 2.00 bits per heavy atom. The van der Waals surface area contributed by atoms with Crippen molar-refractivity contribution >= 4 is 17.6 Å². The topological polar surface area (TPSA) is 100 Å². The van der Waals surface area contributed by atoms with Crippen molar-refractivity contribution in [2.24, 2.45) is 0 Å². The second-order valence-corrected chi connectivity index (χ2v) is 6.42. The van der Waals surface area contributed by atoms with E-state index in [4.69, 9.17) is 14.7 Å². The first-order chi connectivity index (χ1) is 13.5. The molecule has 1 atom stereocenters. The Kier molecular flexibility index (Phi) is 6.00. The molecule has 1 aliphatic rings. The van der Waals surface area contributed by atoms with Gasteiger partial charge < -0.3 is 19.7 Å². The Balaban J connectivity index is 1.80. The van der Waals surface area contributed by atoms with Crippen LogP contribution in [0, 0.1) is 0 Å². The SMILES string of the molecule is CCC1COc2cc(C(=O)NO)ccc2CN1C(=O)Nc1ccc(OC)cc1. The summed E-state index contributed by atoms with van der Waals surface area (Å²) in [5.41, 5.74) is 3.35. The first-order valence-electron chi connectivity index (χ1n) is 8.97. The molecule has 3 rings (SSSR count). The molecule has 3 N–H and O–H groups in total. The van der Waals surface area contributed by atoms with Crippen molar-refractivity contribution in [1.82, 2.24) is 10.4 Å². The highest BCUT2D eigenvalue weighted by molar-refractivity contribution is 5.94. The van der Waals surface area contributed by atoms with E-state index in [1.807, 2.05) is 6.92 Å². The molecule has 0 aliphatic carbocycles. The van der Waals surface area contributed by atoms with Crippen LogP contribution in [-0.2, 0) is 6.54 Å². The molecule has 0 radical (unpaired) electrons. The standard InChI is InChI=1S/C20H23N3O5/c1-3-16-12-28-18-10-13(19(24)22-26)4-5-14(18)11-23(16)20(25)21-15-6-8-17(27-2)9-7-15/h4-10,16,26H,3,11-12H2,1-2H3,(H,21,25)(H,22,24). The van der Waals surface area contributed by atoms with Gasteiger partial charge >= 0.3 is 6.03 Å². The number of hydroxylamine groups is 1. The van der Waals surface area contributed by atoms with Gasteiger partial charge in [0.25, 0.3) is 5.91 Å². The number of ether oxygens (including phenoxy) is 2. The van der Waals surface area contributed by atoms with Crippen molar-refractivity contribution < 1.29 is 24.3 Å². The fraction of sp³-hybridized carbons (Fsp3) is 0.300. The summed E-state index contributed by atoms with van der Waals surface area (Å²) in [6, 6.07) is 11.6. The van der Waals surface area contributed by atoms with Crippen LogP contribution in [0.1, 0.15) is 29.3 Å². The van der Waals surface area contributed by atoms with Gasteiger partial charge in [-0.05, 0) is 42.8 Å². The molecule has 1 heterocycles. The molecule has 8 heteroatoms. The van der Waals surface area contributed by atoms with Crippen molar-refractivity contribution in [3.8, 4) is 11.5 Å². The summed E-state index contributed by atoms with van der Waals surface area (Å²) >= 11 is 0. The molecule has 0 aromatic heterocycles. The third kappa shape index (κ3) is 4.17. The summed E-state index contributed by atoms with van der Waals surface area (Å²) in [7, 11) is 1.59. The second-order valence-electron chi connectivity index (χ2n) is 6.42. The molecular weight excluding hydrogens is 362 g/mol. The molecule has 2 aromatic rings. The predicted octanol–water partition coefficient (Wildman–Crippen LogP) is 3.02. The van der Waals surface area contributed by atoms with E-state index in [1.54, 1.807) is 60.0 Å². The first-order valence-corrected chi connectivity index (χ1v) is 8.97. The van der Waals surface area contributed by atoms with Gasteiger partial charge in [-0.2, -0.15) is 0 Å². The third-order valence-corrected chi connectivity index (χ3v) is 4.72. The summed E-state index contributed by atoms with van der Waals surface area (Å²) < 4.78 is 11.0. The largest absolute Gasteiger partial charge is 0.497 e. The average Bonchev–Trinajstić information content (AvgIpc) is 2.92. The zero-order chi connectivity index (χ0) is 20.1. The molecule has 0 saturated carbocycles. The summed E-state index contributed by atoms with van der Waals surface area (Å²) in [5.74, 6) is 0.625. The van der Waals surface area contributed by atoms with Gasteiger partial charge in [0, 0.05) is 16.8 Å². The quantitative estimate of drug-likeness (QED) is 0.555. The van der Waals surface area contributed by atoms with Crippen LogP contribution < -0.4 is 20.3 Å². The van der Waals surface area contributed by atoms with Crippen molar-refractivity contribution in [2.45, 2.75) is 25.9 Å². The highest BCUT2D eigenvalue weighted by Gasteiger charge is 2.28. The number of hydrogen-bond acceptors (Lipinski definition) is 5. The predicted molar refractivity (Wildman–Crippen MR) is 103 cm³/mol. The average molecular weight is 385 g/mol. The van der Waals surface area contributed by atoms with E-state index >= 15 is 0 Å². The fourth-order valence-corrected chi connectivity index (χ4v) is 3.06. The molecule has 0 fully saturated rings. The Hall–Kier alpha value is -3.26. The number of anilines is 1. The van der Waals surface area contributed by atoms with Crippen molar-refractivity contribution in [1.29, 1.82) is 0 Å². The molecule has 1 aliphatic heterocycles. The maximum atomic E-state index is 12.9. The van der Waals surface area contributed by atoms with Gasteiger partial charge in [0.2, 0.25) is 0 Å². The Morgan fingerprint density at radius 1 is 1.25 bits per heavy atom. The van der Waals surface area contributed by atoms with Crippen molar-refractivity contribution in [2.75, 3.05) is 19.0 Å². The molecule has 2 aromatic carbocycles. The van der Waals surface area contributed by atoms with E-state index in [2.05, 4.69) is 5.32 Å². The number of nitrogens with zero attached hydrogens (tertiary/aromatic N) is 1. The summed E-state index contributed by atoms with van der Waals surface area (Å²) in [4.78, 5) is 26.3. The van der Waals surface area contributed by atoms with Crippen molar-refractivity contribution in [3.05, 3.63) is 53.6 Å². The van der Waals surface area contributed by atoms with E-state index in [0.717, 1.165) is 5.56 Å². The van der Waals surface area contributed by atoms with E-state index in [0.29, 0.717) is 36.8 Å². The number of fused-ring (bicyclic) bond motifs is 1. The summed E-state index contributed by atoms with van der Waals surface area (Å²) in [5, 5.41) is 11.7. The highest BCUT2D eigenvalue weighted by atomic mass is 16.5. The maximum Gasteiger partial charge on any atom is 0.322 e. The minimum atomic E-state index is -0.614. The van der Waals surface area contributed by atoms with E-state index in [-0.39, 0.29) is 17.6 Å². The number of benzene rings is 2. The smallest absolute Gasteiger partial charge is 0.322 e. The zero-order valence-corrected chi connectivity index (χ0v) is 15.8. The van der Waals surface area contributed by atoms with Crippen LogP contribution in [0.5, 0.6) is 11.5 Å². The lowest BCUT2D eigenvalue weighted by molar-refractivity contribution is 0.0706. The summed E-state index contributed by atoms with van der Waals surface area (Å²) in [6.45, 7) is 2.64. The molecule has 148 valence electrons. The van der Waals surface area contributed by atoms with E-state index in [9.17, 15) is 9.59 Å². The van der Waals surface area contributed by atoms with Crippen LogP contribution in [0.4, 0.5) is 10.5 Å². The molecule has 3 amide bonds. The minimum absolute atomic E-state index is 0.124. The lowest BCUT2D eigenvalue weighted by atomic mass is 10.1. The van der Waals surface area contributed by atoms with Crippen LogP contribution in [0.3, 0.4) is 0 Å². The van der Waals surface area contributed by atoms with Gasteiger partial charge in [0.15, 0.2) is 0 Å². The Labute approximate surface area is 163 Å². The summed E-state index contributed by atoms with van der Waals surface area (Å²) in [6.07, 6.45) is 0.716. The number of rotatable bonds is 4. The van der Waals surface area contributed by atoms with Gasteiger partial charge in [0.1, 0.15) is 18.1 Å². The molecule has 0 saturated heterocycles. The van der Waals surface area contributed by atoms with Crippen LogP contribution in [0.15, 0.2) is 42.5 Å². The van der Waals surface area contributed by atoms with Crippen LogP contribution in [0.25, 0.3) is 0 Å². The number of hydrogen-bond donors (Lipinski definition) is 3. The Bertz CT molecular complexity index is 853. The lowest BCUT2D eigenvalue weighted by Crippen LogP contribution is -2.43. The molecule has 1 unspecified atom stereocenters. The fourth-order valence-electron chi connectivity index (χ4n) is 3.06. The maximum absolute atomic E-state index is 12.9. The van der Waals surface area contributed by atoms with Crippen LogP contribution in [-0.4, -0.2) is 41.8 Å². The van der Waals surface area contributed by atoms with Crippen LogP contribution >= 0.6 is 0 Å². The van der Waals surface area contributed by atoms with Gasteiger partial charge in [-0.1, -0.05) is 13.0 Å². The molecule has 0 spiro atoms. The zero-order valence-electron chi connectivity index (χ0n) is 15.8. The normalized spacial score (nSPS) is 15.7. The van der Waals surface area contributed by atoms with Gasteiger partial charge in [-0.15, -0.1) is 0 Å². The third-order valence-electron chi connectivity index (χ3n) is 4.72.